The van der Waals surface area contributed by atoms with E-state index < -0.39 is 0 Å². The highest BCUT2D eigenvalue weighted by molar-refractivity contribution is 9.11. The Hall–Kier alpha value is -1.30. The van der Waals surface area contributed by atoms with Crippen molar-refractivity contribution < 1.29 is 0 Å². The molecule has 0 N–H and O–H groups in total. The lowest BCUT2D eigenvalue weighted by Gasteiger charge is -2.14. The number of hydrogen-bond acceptors (Lipinski definition) is 3. The van der Waals surface area contributed by atoms with E-state index in [0.29, 0.717) is 13.1 Å². The van der Waals surface area contributed by atoms with Gasteiger partial charge in [0.1, 0.15) is 0 Å². The van der Waals surface area contributed by atoms with Gasteiger partial charge in [-0.25, -0.2) is 0 Å². The van der Waals surface area contributed by atoms with Gasteiger partial charge in [0.25, 0.3) is 0 Å². The van der Waals surface area contributed by atoms with E-state index in [4.69, 9.17) is 5.53 Å². The van der Waals surface area contributed by atoms with E-state index in [0.717, 1.165) is 16.6 Å². The van der Waals surface area contributed by atoms with Gasteiger partial charge in [0.05, 0.1) is 15.7 Å². The summed E-state index contributed by atoms with van der Waals surface area (Å²) in [6.07, 6.45) is 4.05. The van der Waals surface area contributed by atoms with Gasteiger partial charge < -0.3 is 0 Å². The fourth-order valence-corrected chi connectivity index (χ4v) is 4.00. The van der Waals surface area contributed by atoms with Crippen LogP contribution in [0.2, 0.25) is 0 Å². The van der Waals surface area contributed by atoms with Crippen LogP contribution in [0.5, 0.6) is 0 Å². The predicted octanol–water partition coefficient (Wildman–Crippen LogP) is 3.78. The van der Waals surface area contributed by atoms with Gasteiger partial charge in [0, 0.05) is 28.4 Å². The van der Waals surface area contributed by atoms with Crippen LogP contribution in [0.25, 0.3) is 21.7 Å². The van der Waals surface area contributed by atoms with Crippen molar-refractivity contribution >= 4 is 27.3 Å². The first-order valence-corrected chi connectivity index (χ1v) is 7.24. The van der Waals surface area contributed by atoms with Crippen LogP contribution in [0.3, 0.4) is 0 Å². The quantitative estimate of drug-likeness (QED) is 0.481. The zero-order valence-corrected chi connectivity index (χ0v) is 11.9. The van der Waals surface area contributed by atoms with Gasteiger partial charge >= 0.3 is 0 Å². The molecule has 0 bridgehead atoms. The molecule has 0 atom stereocenters. The van der Waals surface area contributed by atoms with Crippen LogP contribution in [0.4, 0.5) is 0 Å². The third-order valence-corrected chi connectivity index (χ3v) is 4.74. The Morgan fingerprint density at radius 1 is 1.56 bits per heavy atom. The minimum absolute atomic E-state index is 0.436. The zero-order valence-electron chi connectivity index (χ0n) is 9.51. The molecule has 0 saturated carbocycles. The molecule has 0 aromatic carbocycles. The summed E-state index contributed by atoms with van der Waals surface area (Å²) < 4.78 is 3.10. The number of fused-ring (bicyclic) bond motifs is 3. The highest BCUT2D eigenvalue weighted by Gasteiger charge is 2.22. The minimum atomic E-state index is 0.436. The van der Waals surface area contributed by atoms with Crippen molar-refractivity contribution in [1.29, 1.82) is 0 Å². The van der Waals surface area contributed by atoms with E-state index >= 15 is 0 Å². The van der Waals surface area contributed by atoms with E-state index in [1.165, 1.54) is 21.7 Å². The first kappa shape index (κ1) is 11.8. The maximum Gasteiger partial charge on any atom is 0.0725 e. The van der Waals surface area contributed by atoms with Crippen molar-refractivity contribution in [2.45, 2.75) is 19.4 Å². The molecule has 1 aliphatic rings. The average molecular weight is 324 g/mol. The van der Waals surface area contributed by atoms with Crippen LogP contribution in [0, 0.1) is 0 Å². The van der Waals surface area contributed by atoms with Gasteiger partial charge in [0.15, 0.2) is 0 Å². The van der Waals surface area contributed by atoms with Gasteiger partial charge in [-0.05, 0) is 45.9 Å². The second kappa shape index (κ2) is 4.76. The Balaban J connectivity index is 2.01. The van der Waals surface area contributed by atoms with Crippen LogP contribution in [-0.2, 0) is 19.4 Å². The molecule has 5 nitrogen and oxygen atoms in total. The zero-order chi connectivity index (χ0) is 12.5. The van der Waals surface area contributed by atoms with Crippen molar-refractivity contribution in [1.82, 2.24) is 9.78 Å². The maximum absolute atomic E-state index is 8.32. The summed E-state index contributed by atoms with van der Waals surface area (Å²) in [5.74, 6) is 0. The van der Waals surface area contributed by atoms with Gasteiger partial charge in [-0.15, -0.1) is 11.3 Å². The molecule has 0 radical (unpaired) electrons. The molecule has 92 valence electrons. The summed E-state index contributed by atoms with van der Waals surface area (Å²) in [7, 11) is 0. The Labute approximate surface area is 116 Å². The number of rotatable bonds is 3. The number of halogens is 1. The van der Waals surface area contributed by atoms with Gasteiger partial charge in [-0.2, -0.15) is 5.10 Å². The second-order valence-corrected chi connectivity index (χ2v) is 6.60. The number of azide groups is 1. The van der Waals surface area contributed by atoms with Crippen LogP contribution >= 0.6 is 27.3 Å². The van der Waals surface area contributed by atoms with Crippen LogP contribution in [-0.4, -0.2) is 16.3 Å². The predicted molar refractivity (Wildman–Crippen MR) is 74.7 cm³/mol. The number of aromatic nitrogens is 2. The summed E-state index contributed by atoms with van der Waals surface area (Å²) >= 11 is 5.33. The molecule has 2 aromatic heterocycles. The molecule has 1 aliphatic carbocycles. The van der Waals surface area contributed by atoms with Crippen molar-refractivity contribution in [2.75, 3.05) is 6.54 Å². The highest BCUT2D eigenvalue weighted by atomic mass is 79.9. The molecule has 7 heteroatoms. The smallest absolute Gasteiger partial charge is 0.0725 e. The van der Waals surface area contributed by atoms with E-state index in [9.17, 15) is 0 Å². The van der Waals surface area contributed by atoms with Crippen LogP contribution < -0.4 is 0 Å². The topological polar surface area (TPSA) is 66.6 Å². The molecule has 0 amide bonds. The monoisotopic (exact) mass is 323 g/mol. The third-order valence-electron chi connectivity index (χ3n) is 3.05. The second-order valence-electron chi connectivity index (χ2n) is 4.08. The normalized spacial score (nSPS) is 12.7. The lowest BCUT2D eigenvalue weighted by Crippen LogP contribution is -2.08. The molecule has 0 aliphatic heterocycles. The molecular weight excluding hydrogens is 314 g/mol. The Morgan fingerprint density at radius 2 is 2.44 bits per heavy atom. The Morgan fingerprint density at radius 3 is 3.28 bits per heavy atom. The fraction of sp³-hybridized carbons (Fsp3) is 0.364. The molecule has 0 spiro atoms. The maximum atomic E-state index is 8.32. The third kappa shape index (κ3) is 1.94. The van der Waals surface area contributed by atoms with Gasteiger partial charge in [0.2, 0.25) is 0 Å². The Bertz CT molecular complexity index is 638. The first-order valence-electron chi connectivity index (χ1n) is 5.63. The lowest BCUT2D eigenvalue weighted by atomic mass is 9.97. The van der Waals surface area contributed by atoms with E-state index in [1.54, 1.807) is 11.3 Å². The molecule has 2 heterocycles. The van der Waals surface area contributed by atoms with E-state index in [-0.39, 0.29) is 0 Å². The number of nitrogens with zero attached hydrogens (tertiary/aromatic N) is 5. The summed E-state index contributed by atoms with van der Waals surface area (Å²) in [6, 6.07) is 2.16. The van der Waals surface area contributed by atoms with Crippen molar-refractivity contribution in [3.63, 3.8) is 0 Å². The summed E-state index contributed by atoms with van der Waals surface area (Å²) in [4.78, 5) is 4.18. The first-order chi connectivity index (χ1) is 8.79. The molecule has 2 aromatic rings. The van der Waals surface area contributed by atoms with Crippen molar-refractivity contribution in [2.24, 2.45) is 5.11 Å². The number of thiophene rings is 1. The van der Waals surface area contributed by atoms with Crippen LogP contribution in [0.1, 0.15) is 10.4 Å². The molecular formula is C11H10BrN5S. The van der Waals surface area contributed by atoms with E-state index in [2.05, 4.69) is 37.1 Å². The SMILES string of the molecule is [N-]=[N+]=NCCn1ncc2c1-c1cc(Br)sc1CC2. The number of aryl methyl sites for hydroxylation is 2. The van der Waals surface area contributed by atoms with Gasteiger partial charge in [-0.3, -0.25) is 4.68 Å². The van der Waals surface area contributed by atoms with Crippen molar-refractivity contribution in [3.8, 4) is 11.3 Å². The Kier molecular flexibility index (Phi) is 3.11. The molecule has 0 unspecified atom stereocenters. The molecule has 3 rings (SSSR count). The van der Waals surface area contributed by atoms with Crippen molar-refractivity contribution in [3.05, 3.63) is 36.9 Å². The standard InChI is InChI=1S/C11H10BrN5S/c12-10-5-8-9(18-10)2-1-7-6-15-17(11(7)8)4-3-14-16-13/h5-6H,1-4H2. The molecule has 18 heavy (non-hydrogen) atoms. The number of hydrogen-bond donors (Lipinski definition) is 0. The summed E-state index contributed by atoms with van der Waals surface area (Å²) in [5, 5.41) is 7.97. The average Bonchev–Trinajstić information content (AvgIpc) is 2.91. The molecule has 0 saturated heterocycles. The van der Waals surface area contributed by atoms with E-state index in [1.807, 2.05) is 10.9 Å². The summed E-state index contributed by atoms with van der Waals surface area (Å²) in [6.45, 7) is 1.07. The summed E-state index contributed by atoms with van der Waals surface area (Å²) in [5.41, 5.74) is 12.1. The lowest BCUT2D eigenvalue weighted by molar-refractivity contribution is 0.629. The fourth-order valence-electron chi connectivity index (χ4n) is 2.30. The minimum Gasteiger partial charge on any atom is -0.264 e. The van der Waals surface area contributed by atoms with Gasteiger partial charge in [-0.1, -0.05) is 5.11 Å². The highest BCUT2D eigenvalue weighted by Crippen LogP contribution is 2.40. The molecule has 0 fully saturated rings. The van der Waals surface area contributed by atoms with Crippen LogP contribution in [0.15, 0.2) is 21.2 Å². The largest absolute Gasteiger partial charge is 0.264 e.